The molecule has 4 nitrogen and oxygen atoms in total. The monoisotopic (exact) mass is 237 g/mol. The van der Waals surface area contributed by atoms with Gasteiger partial charge in [-0.25, -0.2) is 4.79 Å². The minimum atomic E-state index is -1.15. The molecule has 0 fully saturated rings. The molecule has 0 spiro atoms. The lowest BCUT2D eigenvalue weighted by Gasteiger charge is -2.23. The summed E-state index contributed by atoms with van der Waals surface area (Å²) in [6.45, 7) is 6.18. The first-order valence-corrected chi connectivity index (χ1v) is 5.71. The normalized spacial score (nSPS) is 13.9. The molecule has 0 aliphatic carbocycles. The molecule has 0 aromatic heterocycles. The number of nitrogens with two attached hydrogens (primary N) is 1. The van der Waals surface area contributed by atoms with E-state index in [2.05, 4.69) is 0 Å². The summed E-state index contributed by atoms with van der Waals surface area (Å²) in [6, 6.07) is 7.19. The van der Waals surface area contributed by atoms with Crippen molar-refractivity contribution >= 4 is 5.97 Å². The minimum Gasteiger partial charge on any atom is -0.494 e. The van der Waals surface area contributed by atoms with Crippen LogP contribution in [-0.4, -0.2) is 19.2 Å². The smallest absolute Gasteiger partial charge is 0.330 e. The van der Waals surface area contributed by atoms with Crippen LogP contribution in [0.25, 0.3) is 0 Å². The van der Waals surface area contributed by atoms with Crippen molar-refractivity contribution in [1.82, 2.24) is 0 Å². The second-order valence-electron chi connectivity index (χ2n) is 3.88. The third-order valence-corrected chi connectivity index (χ3v) is 2.44. The zero-order valence-corrected chi connectivity index (χ0v) is 10.5. The SMILES string of the molecule is CCOC(=O)C(C)(N)c1cccc(OCC)c1. The maximum Gasteiger partial charge on any atom is 0.330 e. The van der Waals surface area contributed by atoms with Crippen molar-refractivity contribution < 1.29 is 14.3 Å². The van der Waals surface area contributed by atoms with Crippen LogP contribution >= 0.6 is 0 Å². The van der Waals surface area contributed by atoms with Crippen molar-refractivity contribution in [2.45, 2.75) is 26.3 Å². The first-order valence-electron chi connectivity index (χ1n) is 5.71. The highest BCUT2D eigenvalue weighted by atomic mass is 16.5. The topological polar surface area (TPSA) is 61.5 Å². The van der Waals surface area contributed by atoms with E-state index in [1.807, 2.05) is 19.1 Å². The molecule has 0 aliphatic heterocycles. The Hall–Kier alpha value is -1.55. The van der Waals surface area contributed by atoms with E-state index in [1.165, 1.54) is 0 Å². The fourth-order valence-corrected chi connectivity index (χ4v) is 1.47. The zero-order chi connectivity index (χ0) is 12.9. The van der Waals surface area contributed by atoms with E-state index >= 15 is 0 Å². The lowest BCUT2D eigenvalue weighted by atomic mass is 9.93. The summed E-state index contributed by atoms with van der Waals surface area (Å²) in [7, 11) is 0. The van der Waals surface area contributed by atoms with Crippen LogP contribution in [0, 0.1) is 0 Å². The number of rotatable bonds is 5. The average molecular weight is 237 g/mol. The van der Waals surface area contributed by atoms with Gasteiger partial charge in [0, 0.05) is 0 Å². The molecule has 1 aromatic carbocycles. The molecular formula is C13H19NO3. The summed E-state index contributed by atoms with van der Waals surface area (Å²) in [4.78, 5) is 11.7. The van der Waals surface area contributed by atoms with E-state index in [1.54, 1.807) is 26.0 Å². The van der Waals surface area contributed by atoms with Crippen LogP contribution in [0.1, 0.15) is 26.3 Å². The first-order chi connectivity index (χ1) is 8.02. The van der Waals surface area contributed by atoms with Gasteiger partial charge in [0.25, 0.3) is 0 Å². The van der Waals surface area contributed by atoms with Gasteiger partial charge in [-0.2, -0.15) is 0 Å². The van der Waals surface area contributed by atoms with Crippen molar-refractivity contribution in [3.05, 3.63) is 29.8 Å². The van der Waals surface area contributed by atoms with Gasteiger partial charge in [-0.05, 0) is 38.5 Å². The van der Waals surface area contributed by atoms with Gasteiger partial charge in [0.2, 0.25) is 0 Å². The van der Waals surface area contributed by atoms with Gasteiger partial charge in [-0.1, -0.05) is 12.1 Å². The molecule has 2 N–H and O–H groups in total. The highest BCUT2D eigenvalue weighted by molar-refractivity contribution is 5.82. The van der Waals surface area contributed by atoms with Crippen LogP contribution in [0.3, 0.4) is 0 Å². The molecule has 17 heavy (non-hydrogen) atoms. The Balaban J connectivity index is 2.97. The molecule has 0 saturated heterocycles. The average Bonchev–Trinajstić information content (AvgIpc) is 2.30. The first kappa shape index (κ1) is 13.5. The molecule has 1 unspecified atom stereocenters. The standard InChI is InChI=1S/C13H19NO3/c1-4-16-11-8-6-7-10(9-11)13(3,14)12(15)17-5-2/h6-9H,4-5,14H2,1-3H3. The molecule has 0 radical (unpaired) electrons. The summed E-state index contributed by atoms with van der Waals surface area (Å²) < 4.78 is 10.3. The summed E-state index contributed by atoms with van der Waals surface area (Å²) in [6.07, 6.45) is 0. The van der Waals surface area contributed by atoms with Crippen LogP contribution in [0.2, 0.25) is 0 Å². The Labute approximate surface area is 102 Å². The Morgan fingerprint density at radius 2 is 2.06 bits per heavy atom. The number of ether oxygens (including phenoxy) is 2. The van der Waals surface area contributed by atoms with Gasteiger partial charge in [0.1, 0.15) is 11.3 Å². The summed E-state index contributed by atoms with van der Waals surface area (Å²) in [5.41, 5.74) is 5.54. The zero-order valence-electron chi connectivity index (χ0n) is 10.5. The summed E-state index contributed by atoms with van der Waals surface area (Å²) in [5.74, 6) is 0.264. The van der Waals surface area contributed by atoms with Crippen LogP contribution in [0.5, 0.6) is 5.75 Å². The van der Waals surface area contributed by atoms with Crippen molar-refractivity contribution in [3.63, 3.8) is 0 Å². The Bertz CT molecular complexity index is 388. The van der Waals surface area contributed by atoms with Gasteiger partial charge in [0.15, 0.2) is 0 Å². The molecular weight excluding hydrogens is 218 g/mol. The fraction of sp³-hybridized carbons (Fsp3) is 0.462. The minimum absolute atomic E-state index is 0.316. The quantitative estimate of drug-likeness (QED) is 0.793. The molecule has 94 valence electrons. The van der Waals surface area contributed by atoms with Gasteiger partial charge in [-0.3, -0.25) is 0 Å². The predicted molar refractivity (Wildman–Crippen MR) is 65.8 cm³/mol. The van der Waals surface area contributed by atoms with Crippen LogP contribution < -0.4 is 10.5 Å². The number of benzene rings is 1. The molecule has 0 bridgehead atoms. The van der Waals surface area contributed by atoms with Crippen molar-refractivity contribution in [2.75, 3.05) is 13.2 Å². The number of hydrogen-bond donors (Lipinski definition) is 1. The predicted octanol–water partition coefficient (Wildman–Crippen LogP) is 1.82. The third-order valence-electron chi connectivity index (χ3n) is 2.44. The molecule has 0 heterocycles. The third kappa shape index (κ3) is 3.20. The van der Waals surface area contributed by atoms with E-state index in [4.69, 9.17) is 15.2 Å². The van der Waals surface area contributed by atoms with E-state index in [0.29, 0.717) is 24.5 Å². The molecule has 1 rings (SSSR count). The van der Waals surface area contributed by atoms with E-state index < -0.39 is 11.5 Å². The Morgan fingerprint density at radius 1 is 1.35 bits per heavy atom. The number of carbonyl (C=O) groups excluding carboxylic acids is 1. The number of hydrogen-bond acceptors (Lipinski definition) is 4. The molecule has 1 aromatic rings. The maximum atomic E-state index is 11.7. The molecule has 1 atom stereocenters. The molecule has 0 saturated carbocycles. The largest absolute Gasteiger partial charge is 0.494 e. The number of esters is 1. The highest BCUT2D eigenvalue weighted by Crippen LogP contribution is 2.23. The van der Waals surface area contributed by atoms with Crippen LogP contribution in [0.4, 0.5) is 0 Å². The molecule has 0 amide bonds. The summed E-state index contributed by atoms with van der Waals surface area (Å²) >= 11 is 0. The van der Waals surface area contributed by atoms with Crippen LogP contribution in [0.15, 0.2) is 24.3 Å². The molecule has 0 aliphatic rings. The van der Waals surface area contributed by atoms with Crippen LogP contribution in [-0.2, 0) is 15.1 Å². The van der Waals surface area contributed by atoms with Crippen molar-refractivity contribution in [3.8, 4) is 5.75 Å². The Kier molecular flexibility index (Phi) is 4.52. The van der Waals surface area contributed by atoms with E-state index in [-0.39, 0.29) is 0 Å². The fourth-order valence-electron chi connectivity index (χ4n) is 1.47. The number of carbonyl (C=O) groups is 1. The van der Waals surface area contributed by atoms with Crippen molar-refractivity contribution in [1.29, 1.82) is 0 Å². The van der Waals surface area contributed by atoms with E-state index in [9.17, 15) is 4.79 Å². The van der Waals surface area contributed by atoms with E-state index in [0.717, 1.165) is 0 Å². The summed E-state index contributed by atoms with van der Waals surface area (Å²) in [5, 5.41) is 0. The molecule has 4 heteroatoms. The maximum absolute atomic E-state index is 11.7. The van der Waals surface area contributed by atoms with Gasteiger partial charge in [-0.15, -0.1) is 0 Å². The van der Waals surface area contributed by atoms with Crippen molar-refractivity contribution in [2.24, 2.45) is 5.73 Å². The van der Waals surface area contributed by atoms with Gasteiger partial charge < -0.3 is 15.2 Å². The lowest BCUT2D eigenvalue weighted by Crippen LogP contribution is -2.43. The van der Waals surface area contributed by atoms with Gasteiger partial charge >= 0.3 is 5.97 Å². The second-order valence-corrected chi connectivity index (χ2v) is 3.88. The highest BCUT2D eigenvalue weighted by Gasteiger charge is 2.32. The van der Waals surface area contributed by atoms with Gasteiger partial charge in [0.05, 0.1) is 13.2 Å². The lowest BCUT2D eigenvalue weighted by molar-refractivity contribution is -0.149. The Morgan fingerprint density at radius 3 is 2.65 bits per heavy atom. The second kappa shape index (κ2) is 5.68.